The van der Waals surface area contributed by atoms with Crippen LogP contribution >= 0.6 is 0 Å². The zero-order valence-electron chi connectivity index (χ0n) is 15.0. The summed E-state index contributed by atoms with van der Waals surface area (Å²) in [6.45, 7) is 0. The smallest absolute Gasteiger partial charge is 0.307 e. The Kier molecular flexibility index (Phi) is 9.68. The molecule has 0 saturated heterocycles. The van der Waals surface area contributed by atoms with Crippen LogP contribution < -0.4 is 14.7 Å². The van der Waals surface area contributed by atoms with E-state index < -0.39 is 27.4 Å². The van der Waals surface area contributed by atoms with E-state index in [1.807, 2.05) is 12.1 Å². The van der Waals surface area contributed by atoms with Crippen molar-refractivity contribution in [1.82, 2.24) is 0 Å². The number of carboxylic acids is 2. The van der Waals surface area contributed by atoms with E-state index in [2.05, 4.69) is 6.07 Å². The summed E-state index contributed by atoms with van der Waals surface area (Å²) in [4.78, 5) is 21.6. The first-order chi connectivity index (χ1) is 12.0. The van der Waals surface area contributed by atoms with E-state index in [-0.39, 0.29) is 6.42 Å². The molecule has 1 atom stereocenters. The van der Waals surface area contributed by atoms with E-state index in [0.717, 1.165) is 43.2 Å². The quantitative estimate of drug-likeness (QED) is 0.409. The van der Waals surface area contributed by atoms with Crippen molar-refractivity contribution in [2.45, 2.75) is 44.6 Å². The number of carboxylic acid groups (broad SMARTS) is 2. The van der Waals surface area contributed by atoms with Gasteiger partial charge in [0.25, 0.3) is 0 Å². The molecule has 6 nitrogen and oxygen atoms in total. The molecule has 0 saturated carbocycles. The fraction of sp³-hybridized carbons (Fsp3) is 0.556. The first kappa shape index (κ1) is 21.0. The van der Waals surface area contributed by atoms with Gasteiger partial charge in [-0.05, 0) is 17.7 Å². The summed E-state index contributed by atoms with van der Waals surface area (Å²) in [6, 6.07) is 7.13. The Balaban J connectivity index is 2.26. The van der Waals surface area contributed by atoms with Crippen molar-refractivity contribution in [3.05, 3.63) is 18.2 Å². The minimum Gasteiger partial charge on any atom is -0.493 e. The molecule has 25 heavy (non-hydrogen) atoms. The number of rotatable bonds is 13. The fourth-order valence-corrected chi connectivity index (χ4v) is 4.74. The van der Waals surface area contributed by atoms with Crippen LogP contribution in [-0.2, 0) is 9.59 Å². The summed E-state index contributed by atoms with van der Waals surface area (Å²) in [5.74, 6) is -1.22. The van der Waals surface area contributed by atoms with Crippen LogP contribution in [0.15, 0.2) is 18.2 Å². The average Bonchev–Trinajstić information content (AvgIpc) is 2.58. The number of para-hydroxylation sites is 1. The molecule has 1 unspecified atom stereocenters. The van der Waals surface area contributed by atoms with Gasteiger partial charge in [-0.15, -0.1) is 0 Å². The second kappa shape index (κ2) is 11.5. The van der Waals surface area contributed by atoms with Crippen LogP contribution in [0.5, 0.6) is 11.5 Å². The number of aliphatic carboxylic acids is 2. The maximum atomic E-state index is 11.0. The molecule has 7 heteroatoms. The lowest BCUT2D eigenvalue weighted by molar-refractivity contribution is -0.148. The Labute approximate surface area is 151 Å². The van der Waals surface area contributed by atoms with Gasteiger partial charge in [0.1, 0.15) is 0 Å². The highest BCUT2D eigenvalue weighted by Gasteiger charge is 2.20. The molecule has 0 aliphatic heterocycles. The highest BCUT2D eigenvalue weighted by atomic mass is 28.2. The van der Waals surface area contributed by atoms with Crippen LogP contribution in [-0.4, -0.2) is 45.9 Å². The summed E-state index contributed by atoms with van der Waals surface area (Å²) in [7, 11) is 2.86. The summed E-state index contributed by atoms with van der Waals surface area (Å²) in [5.41, 5.74) is 0. The highest BCUT2D eigenvalue weighted by Crippen LogP contribution is 2.23. The molecular formula is C18H28O6Si. The van der Waals surface area contributed by atoms with E-state index in [4.69, 9.17) is 19.7 Å². The second-order valence-electron chi connectivity index (χ2n) is 6.09. The lowest BCUT2D eigenvalue weighted by atomic mass is 9.98. The van der Waals surface area contributed by atoms with E-state index >= 15 is 0 Å². The zero-order chi connectivity index (χ0) is 18.7. The van der Waals surface area contributed by atoms with Gasteiger partial charge < -0.3 is 19.7 Å². The first-order valence-electron chi connectivity index (χ1n) is 8.64. The Morgan fingerprint density at radius 2 is 1.80 bits per heavy atom. The van der Waals surface area contributed by atoms with E-state index in [9.17, 15) is 9.59 Å². The van der Waals surface area contributed by atoms with Gasteiger partial charge in [-0.2, -0.15) is 0 Å². The maximum Gasteiger partial charge on any atom is 0.307 e. The standard InChI is InChI=1S/C18H28O6Si/c1-23-14-9-7-10-15(17(14)24-2)25-11-6-4-3-5-8-13(18(21)22)12-16(19)20/h7,9-10,13H,3-6,8,11-12,25H2,1-2H3,(H,19,20)(H,21,22). The van der Waals surface area contributed by atoms with Gasteiger partial charge >= 0.3 is 11.9 Å². The fourth-order valence-electron chi connectivity index (χ4n) is 2.91. The van der Waals surface area contributed by atoms with Gasteiger partial charge in [0.05, 0.1) is 36.1 Å². The summed E-state index contributed by atoms with van der Waals surface area (Å²) in [5, 5.41) is 19.0. The van der Waals surface area contributed by atoms with Gasteiger partial charge in [-0.25, -0.2) is 0 Å². The highest BCUT2D eigenvalue weighted by molar-refractivity contribution is 6.54. The number of unbranched alkanes of at least 4 members (excludes halogenated alkanes) is 3. The molecule has 1 aromatic rings. The molecule has 0 spiro atoms. The SMILES string of the molecule is COc1cccc([SiH2]CCCCCCC(CC(=O)O)C(=O)O)c1OC. The van der Waals surface area contributed by atoms with Crippen LogP contribution in [0.3, 0.4) is 0 Å². The number of hydrogen-bond donors (Lipinski definition) is 2. The Hall–Kier alpha value is -2.02. The van der Waals surface area contributed by atoms with Crippen molar-refractivity contribution in [3.8, 4) is 11.5 Å². The van der Waals surface area contributed by atoms with Crippen molar-refractivity contribution < 1.29 is 29.3 Å². The third-order valence-corrected chi connectivity index (χ3v) is 6.20. The van der Waals surface area contributed by atoms with E-state index in [1.54, 1.807) is 14.2 Å². The van der Waals surface area contributed by atoms with Gasteiger partial charge in [-0.1, -0.05) is 43.9 Å². The minimum absolute atomic E-state index is 0.294. The molecule has 0 heterocycles. The Morgan fingerprint density at radius 1 is 1.08 bits per heavy atom. The van der Waals surface area contributed by atoms with E-state index in [0.29, 0.717) is 6.42 Å². The number of methoxy groups -OCH3 is 2. The van der Waals surface area contributed by atoms with Crippen molar-refractivity contribution in [3.63, 3.8) is 0 Å². The van der Waals surface area contributed by atoms with Crippen LogP contribution in [0.2, 0.25) is 6.04 Å². The van der Waals surface area contributed by atoms with Crippen molar-refractivity contribution in [1.29, 1.82) is 0 Å². The topological polar surface area (TPSA) is 93.1 Å². The second-order valence-corrected chi connectivity index (χ2v) is 8.06. The Morgan fingerprint density at radius 3 is 2.40 bits per heavy atom. The number of benzene rings is 1. The molecule has 1 aromatic carbocycles. The molecule has 0 bridgehead atoms. The predicted molar refractivity (Wildman–Crippen MR) is 99.0 cm³/mol. The Bertz CT molecular complexity index is 560. The predicted octanol–water partition coefficient (Wildman–Crippen LogP) is 2.04. The average molecular weight is 369 g/mol. The molecule has 0 aromatic heterocycles. The molecule has 0 radical (unpaired) electrons. The van der Waals surface area contributed by atoms with Crippen molar-refractivity contribution in [2.75, 3.05) is 14.2 Å². The van der Waals surface area contributed by atoms with Crippen LogP contribution in [0.1, 0.15) is 38.5 Å². The first-order valence-corrected chi connectivity index (χ1v) is 10.3. The van der Waals surface area contributed by atoms with Gasteiger partial charge in [0.15, 0.2) is 11.5 Å². The van der Waals surface area contributed by atoms with Crippen molar-refractivity contribution >= 4 is 26.6 Å². The summed E-state index contributed by atoms with van der Waals surface area (Å²) < 4.78 is 10.8. The molecule has 0 aliphatic rings. The molecule has 1 rings (SSSR count). The number of carbonyl (C=O) groups is 2. The van der Waals surface area contributed by atoms with Crippen LogP contribution in [0, 0.1) is 5.92 Å². The summed E-state index contributed by atoms with van der Waals surface area (Å²) >= 11 is 0. The van der Waals surface area contributed by atoms with Crippen LogP contribution in [0.25, 0.3) is 0 Å². The van der Waals surface area contributed by atoms with Gasteiger partial charge in [0.2, 0.25) is 0 Å². The van der Waals surface area contributed by atoms with E-state index in [1.165, 1.54) is 5.19 Å². The lowest BCUT2D eigenvalue weighted by Crippen LogP contribution is -2.18. The monoisotopic (exact) mass is 368 g/mol. The number of ether oxygens (including phenoxy) is 2. The lowest BCUT2D eigenvalue weighted by Gasteiger charge is -2.12. The molecule has 0 amide bonds. The molecule has 2 N–H and O–H groups in total. The normalized spacial score (nSPS) is 12.2. The molecular weight excluding hydrogens is 340 g/mol. The van der Waals surface area contributed by atoms with Gasteiger partial charge in [0, 0.05) is 0 Å². The molecule has 0 fully saturated rings. The third-order valence-electron chi connectivity index (χ3n) is 4.25. The largest absolute Gasteiger partial charge is 0.493 e. The minimum atomic E-state index is -1.05. The molecule has 140 valence electrons. The zero-order valence-corrected chi connectivity index (χ0v) is 16.4. The molecule has 0 aliphatic carbocycles. The van der Waals surface area contributed by atoms with Crippen LogP contribution in [0.4, 0.5) is 0 Å². The third kappa shape index (κ3) is 7.60. The number of hydrogen-bond acceptors (Lipinski definition) is 4. The van der Waals surface area contributed by atoms with Gasteiger partial charge in [-0.3, -0.25) is 9.59 Å². The summed E-state index contributed by atoms with van der Waals surface area (Å²) in [6.07, 6.45) is 3.98. The van der Waals surface area contributed by atoms with Crippen molar-refractivity contribution in [2.24, 2.45) is 5.92 Å². The maximum absolute atomic E-state index is 11.0.